The standard InChI is InChI=1S/C15H24N2O3S/c1-4-20-14-8-7-12(16)10-15(14)21(18,19)17-9-5-6-13(17)11(2)3/h7-8,10-11,13H,4-6,9,16H2,1-3H3. The first kappa shape index (κ1) is 16.1. The van der Waals surface area contributed by atoms with Gasteiger partial charge in [0, 0.05) is 18.3 Å². The van der Waals surface area contributed by atoms with Crippen LogP contribution in [0.5, 0.6) is 5.75 Å². The zero-order valence-corrected chi connectivity index (χ0v) is 13.7. The number of hydrogen-bond acceptors (Lipinski definition) is 4. The zero-order chi connectivity index (χ0) is 15.6. The van der Waals surface area contributed by atoms with Crippen LogP contribution in [0.3, 0.4) is 0 Å². The van der Waals surface area contributed by atoms with Crippen LogP contribution in [0.25, 0.3) is 0 Å². The summed E-state index contributed by atoms with van der Waals surface area (Å²) in [7, 11) is -3.58. The van der Waals surface area contributed by atoms with Gasteiger partial charge in [0.25, 0.3) is 0 Å². The molecule has 0 radical (unpaired) electrons. The Labute approximate surface area is 127 Å². The Kier molecular flexibility index (Phi) is 4.78. The maximum atomic E-state index is 13.0. The number of ether oxygens (including phenoxy) is 1. The second kappa shape index (κ2) is 6.23. The Hall–Kier alpha value is -1.27. The van der Waals surface area contributed by atoms with Crippen molar-refractivity contribution in [3.63, 3.8) is 0 Å². The van der Waals surface area contributed by atoms with Crippen molar-refractivity contribution >= 4 is 15.7 Å². The molecule has 1 unspecified atom stereocenters. The van der Waals surface area contributed by atoms with Crippen molar-refractivity contribution in [2.24, 2.45) is 5.92 Å². The first-order valence-corrected chi connectivity index (χ1v) is 8.86. The number of anilines is 1. The van der Waals surface area contributed by atoms with E-state index in [1.54, 1.807) is 16.4 Å². The van der Waals surface area contributed by atoms with E-state index >= 15 is 0 Å². The number of nitrogen functional groups attached to an aromatic ring is 1. The molecule has 2 N–H and O–H groups in total. The number of rotatable bonds is 5. The van der Waals surface area contributed by atoms with E-state index in [0.717, 1.165) is 12.8 Å². The quantitative estimate of drug-likeness (QED) is 0.848. The van der Waals surface area contributed by atoms with Crippen LogP contribution in [-0.4, -0.2) is 31.9 Å². The monoisotopic (exact) mass is 312 g/mol. The lowest BCUT2D eigenvalue weighted by atomic mass is 10.0. The van der Waals surface area contributed by atoms with Gasteiger partial charge in [-0.3, -0.25) is 0 Å². The molecule has 1 aliphatic rings. The third kappa shape index (κ3) is 3.16. The summed E-state index contributed by atoms with van der Waals surface area (Å²) in [4.78, 5) is 0.178. The molecule has 0 aliphatic carbocycles. The van der Waals surface area contributed by atoms with E-state index in [1.807, 2.05) is 6.92 Å². The minimum absolute atomic E-state index is 0.0471. The van der Waals surface area contributed by atoms with Gasteiger partial charge in [-0.25, -0.2) is 8.42 Å². The Bertz CT molecular complexity index is 599. The van der Waals surface area contributed by atoms with E-state index in [0.29, 0.717) is 30.5 Å². The van der Waals surface area contributed by atoms with Gasteiger partial charge in [0.05, 0.1) is 6.61 Å². The minimum Gasteiger partial charge on any atom is -0.492 e. The molecule has 2 rings (SSSR count). The molecule has 1 aromatic carbocycles. The lowest BCUT2D eigenvalue weighted by Crippen LogP contribution is -2.38. The molecule has 1 fully saturated rings. The van der Waals surface area contributed by atoms with Crippen molar-refractivity contribution in [2.45, 2.75) is 44.6 Å². The normalized spacial score (nSPS) is 20.1. The number of hydrogen-bond donors (Lipinski definition) is 1. The molecule has 0 amide bonds. The molecule has 6 heteroatoms. The average Bonchev–Trinajstić information content (AvgIpc) is 2.91. The highest BCUT2D eigenvalue weighted by molar-refractivity contribution is 7.89. The van der Waals surface area contributed by atoms with Gasteiger partial charge < -0.3 is 10.5 Å². The first-order valence-electron chi connectivity index (χ1n) is 7.42. The summed E-state index contributed by atoms with van der Waals surface area (Å²) in [5, 5.41) is 0. The van der Waals surface area contributed by atoms with Crippen molar-refractivity contribution in [3.05, 3.63) is 18.2 Å². The fraction of sp³-hybridized carbons (Fsp3) is 0.600. The summed E-state index contributed by atoms with van der Waals surface area (Å²) in [5.74, 6) is 0.667. The molecule has 0 saturated carbocycles. The number of sulfonamides is 1. The molecule has 1 saturated heterocycles. The van der Waals surface area contributed by atoms with Gasteiger partial charge >= 0.3 is 0 Å². The molecule has 0 bridgehead atoms. The van der Waals surface area contributed by atoms with Crippen molar-refractivity contribution in [1.82, 2.24) is 4.31 Å². The maximum absolute atomic E-state index is 13.0. The van der Waals surface area contributed by atoms with Gasteiger partial charge in [-0.1, -0.05) is 13.8 Å². The molecule has 0 aromatic heterocycles. The van der Waals surface area contributed by atoms with E-state index in [2.05, 4.69) is 13.8 Å². The second-order valence-corrected chi connectivity index (χ2v) is 7.57. The fourth-order valence-corrected chi connectivity index (χ4v) is 4.85. The molecule has 1 aliphatic heterocycles. The second-order valence-electron chi connectivity index (χ2n) is 5.71. The number of nitrogens with two attached hydrogens (primary N) is 1. The van der Waals surface area contributed by atoms with Gasteiger partial charge in [0.2, 0.25) is 10.0 Å². The molecule has 5 nitrogen and oxygen atoms in total. The van der Waals surface area contributed by atoms with Crippen LogP contribution >= 0.6 is 0 Å². The summed E-state index contributed by atoms with van der Waals surface area (Å²) in [6, 6.07) is 4.83. The lowest BCUT2D eigenvalue weighted by Gasteiger charge is -2.27. The topological polar surface area (TPSA) is 72.6 Å². The molecule has 21 heavy (non-hydrogen) atoms. The lowest BCUT2D eigenvalue weighted by molar-refractivity contribution is 0.308. The number of benzene rings is 1. The van der Waals surface area contributed by atoms with E-state index in [-0.39, 0.29) is 10.9 Å². The Morgan fingerprint density at radius 2 is 2.14 bits per heavy atom. The van der Waals surface area contributed by atoms with E-state index in [9.17, 15) is 8.42 Å². The van der Waals surface area contributed by atoms with E-state index in [1.165, 1.54) is 6.07 Å². The van der Waals surface area contributed by atoms with Crippen LogP contribution in [0.4, 0.5) is 5.69 Å². The maximum Gasteiger partial charge on any atom is 0.247 e. The summed E-state index contributed by atoms with van der Waals surface area (Å²) < 4.78 is 33.1. The summed E-state index contributed by atoms with van der Waals surface area (Å²) >= 11 is 0. The van der Waals surface area contributed by atoms with Crippen LogP contribution in [0, 0.1) is 5.92 Å². The van der Waals surface area contributed by atoms with Crippen LogP contribution in [-0.2, 0) is 10.0 Å². The molecule has 1 heterocycles. The molecule has 1 aromatic rings. The van der Waals surface area contributed by atoms with Gasteiger partial charge in [-0.15, -0.1) is 0 Å². The predicted octanol–water partition coefficient (Wildman–Crippen LogP) is 2.48. The molecular formula is C15H24N2O3S. The largest absolute Gasteiger partial charge is 0.492 e. The van der Waals surface area contributed by atoms with Crippen LogP contribution in [0.15, 0.2) is 23.1 Å². The van der Waals surface area contributed by atoms with Crippen molar-refractivity contribution < 1.29 is 13.2 Å². The van der Waals surface area contributed by atoms with Gasteiger partial charge in [0.1, 0.15) is 10.6 Å². The number of nitrogens with zero attached hydrogens (tertiary/aromatic N) is 1. The molecule has 0 spiro atoms. The molecular weight excluding hydrogens is 288 g/mol. The first-order chi connectivity index (χ1) is 9.87. The van der Waals surface area contributed by atoms with Crippen LogP contribution < -0.4 is 10.5 Å². The highest BCUT2D eigenvalue weighted by Crippen LogP contribution is 2.34. The third-order valence-corrected chi connectivity index (χ3v) is 5.82. The minimum atomic E-state index is -3.58. The third-order valence-electron chi connectivity index (χ3n) is 3.87. The highest BCUT2D eigenvalue weighted by atomic mass is 32.2. The summed E-state index contributed by atoms with van der Waals surface area (Å²) in [5.41, 5.74) is 6.20. The fourth-order valence-electron chi connectivity index (χ4n) is 2.86. The Balaban J connectivity index is 2.46. The molecule has 118 valence electrons. The van der Waals surface area contributed by atoms with Gasteiger partial charge in [-0.05, 0) is 43.9 Å². The van der Waals surface area contributed by atoms with Crippen molar-refractivity contribution in [1.29, 1.82) is 0 Å². The van der Waals surface area contributed by atoms with Crippen molar-refractivity contribution in [2.75, 3.05) is 18.9 Å². The zero-order valence-electron chi connectivity index (χ0n) is 12.9. The summed E-state index contributed by atoms with van der Waals surface area (Å²) in [6.07, 6.45) is 1.80. The van der Waals surface area contributed by atoms with E-state index < -0.39 is 10.0 Å². The van der Waals surface area contributed by atoms with Crippen molar-refractivity contribution in [3.8, 4) is 5.75 Å². The smallest absolute Gasteiger partial charge is 0.247 e. The Morgan fingerprint density at radius 3 is 2.76 bits per heavy atom. The molecule has 1 atom stereocenters. The summed E-state index contributed by atoms with van der Waals surface area (Å²) in [6.45, 7) is 6.92. The average molecular weight is 312 g/mol. The Morgan fingerprint density at radius 1 is 1.43 bits per heavy atom. The van der Waals surface area contributed by atoms with Crippen LogP contribution in [0.2, 0.25) is 0 Å². The highest BCUT2D eigenvalue weighted by Gasteiger charge is 2.38. The predicted molar refractivity (Wildman–Crippen MR) is 83.8 cm³/mol. The SMILES string of the molecule is CCOc1ccc(N)cc1S(=O)(=O)N1CCCC1C(C)C. The van der Waals surface area contributed by atoms with Gasteiger partial charge in [-0.2, -0.15) is 4.31 Å². The van der Waals surface area contributed by atoms with E-state index in [4.69, 9.17) is 10.5 Å². The van der Waals surface area contributed by atoms with Gasteiger partial charge in [0.15, 0.2) is 0 Å². The van der Waals surface area contributed by atoms with Crippen LogP contribution in [0.1, 0.15) is 33.6 Å².